The summed E-state index contributed by atoms with van der Waals surface area (Å²) >= 11 is 5.86. The number of aromatic nitrogens is 5. The predicted octanol–water partition coefficient (Wildman–Crippen LogP) is 2.76. The zero-order valence-corrected chi connectivity index (χ0v) is 15.3. The molecule has 4 atom stereocenters. The Bertz CT molecular complexity index is 989. The molecule has 0 bridgehead atoms. The number of halogens is 1. The van der Waals surface area contributed by atoms with Gasteiger partial charge in [-0.25, -0.2) is 4.98 Å². The van der Waals surface area contributed by atoms with Crippen molar-refractivity contribution < 1.29 is 4.79 Å². The molecule has 0 aromatic carbocycles. The molecule has 7 nitrogen and oxygen atoms in total. The number of nitrogens with zero attached hydrogens (tertiary/aromatic N) is 5. The highest BCUT2D eigenvalue weighted by Crippen LogP contribution is 2.55. The average molecular weight is 381 g/mol. The van der Waals surface area contributed by atoms with E-state index in [0.29, 0.717) is 35.2 Å². The predicted molar refractivity (Wildman–Crippen MR) is 100.0 cm³/mol. The highest BCUT2D eigenvalue weighted by molar-refractivity contribution is 6.29. The van der Waals surface area contributed by atoms with Gasteiger partial charge in [-0.1, -0.05) is 24.6 Å². The maximum Gasteiger partial charge on any atom is 0.251 e. The molecule has 1 amide bonds. The second-order valence-electron chi connectivity index (χ2n) is 7.15. The lowest BCUT2D eigenvalue weighted by Crippen LogP contribution is -2.35. The fourth-order valence-corrected chi connectivity index (χ4v) is 4.32. The van der Waals surface area contributed by atoms with E-state index < -0.39 is 0 Å². The van der Waals surface area contributed by atoms with Crippen LogP contribution in [0.15, 0.2) is 42.9 Å². The number of nitrogens with one attached hydrogen (secondary N) is 1. The highest BCUT2D eigenvalue weighted by Gasteiger charge is 2.65. The molecule has 4 heterocycles. The summed E-state index contributed by atoms with van der Waals surface area (Å²) in [5.74, 6) is 1.86. The van der Waals surface area contributed by atoms with Crippen LogP contribution in [0, 0.1) is 17.8 Å². The van der Waals surface area contributed by atoms with Crippen molar-refractivity contribution in [2.75, 3.05) is 4.90 Å². The van der Waals surface area contributed by atoms with E-state index in [1.54, 1.807) is 29.6 Å². The monoisotopic (exact) mass is 380 g/mol. The van der Waals surface area contributed by atoms with Crippen LogP contribution in [0.2, 0.25) is 5.15 Å². The molecule has 2 aliphatic rings. The Hall–Kier alpha value is -2.80. The summed E-state index contributed by atoms with van der Waals surface area (Å²) in [6.07, 6.45) is 5.81. The van der Waals surface area contributed by atoms with Crippen molar-refractivity contribution in [2.24, 2.45) is 17.8 Å². The van der Waals surface area contributed by atoms with Crippen molar-refractivity contribution in [3.05, 3.63) is 53.6 Å². The number of rotatable bonds is 4. The molecular formula is C19H17ClN6O. The van der Waals surface area contributed by atoms with E-state index in [4.69, 9.17) is 11.6 Å². The molecule has 8 heteroatoms. The van der Waals surface area contributed by atoms with Crippen molar-refractivity contribution in [2.45, 2.75) is 19.4 Å². The average Bonchev–Trinajstić information content (AvgIpc) is 3.03. The van der Waals surface area contributed by atoms with Crippen LogP contribution in [-0.4, -0.2) is 37.1 Å². The van der Waals surface area contributed by atoms with Gasteiger partial charge >= 0.3 is 0 Å². The van der Waals surface area contributed by atoms with Crippen LogP contribution in [0.25, 0.3) is 11.4 Å². The number of pyridine rings is 2. The third kappa shape index (κ3) is 2.70. The van der Waals surface area contributed by atoms with Gasteiger partial charge in [-0.05, 0) is 42.0 Å². The maximum atomic E-state index is 13.1. The van der Waals surface area contributed by atoms with E-state index in [2.05, 4.69) is 32.1 Å². The van der Waals surface area contributed by atoms with Gasteiger partial charge < -0.3 is 0 Å². The van der Waals surface area contributed by atoms with Crippen LogP contribution < -0.4 is 4.90 Å². The molecule has 2 fully saturated rings. The van der Waals surface area contributed by atoms with Gasteiger partial charge in [-0.2, -0.15) is 4.98 Å². The SMILES string of the molecule is C[C@H]1C2C(Cc3ccc(Cl)nc3)C(=O)N(c3n[nH]c(-c4ccncc4)n3)C21. The lowest BCUT2D eigenvalue weighted by molar-refractivity contribution is -0.121. The zero-order chi connectivity index (χ0) is 18.5. The zero-order valence-electron chi connectivity index (χ0n) is 14.6. The topological polar surface area (TPSA) is 87.7 Å². The number of anilines is 1. The molecule has 136 valence electrons. The molecule has 1 saturated carbocycles. The number of carbonyl (C=O) groups excluding carboxylic acids is 1. The van der Waals surface area contributed by atoms with Gasteiger partial charge in [0.2, 0.25) is 5.91 Å². The fourth-order valence-electron chi connectivity index (χ4n) is 4.21. The molecule has 5 rings (SSSR count). The van der Waals surface area contributed by atoms with E-state index in [1.165, 1.54) is 0 Å². The third-order valence-corrected chi connectivity index (χ3v) is 5.83. The van der Waals surface area contributed by atoms with Gasteiger partial charge in [-0.3, -0.25) is 19.8 Å². The minimum atomic E-state index is -0.0733. The lowest BCUT2D eigenvalue weighted by Gasteiger charge is -2.19. The Labute approximate surface area is 160 Å². The van der Waals surface area contributed by atoms with Gasteiger partial charge in [-0.15, -0.1) is 5.10 Å². The van der Waals surface area contributed by atoms with Crippen molar-refractivity contribution in [1.82, 2.24) is 25.1 Å². The third-order valence-electron chi connectivity index (χ3n) is 5.60. The first kappa shape index (κ1) is 16.4. The van der Waals surface area contributed by atoms with Crippen LogP contribution >= 0.6 is 11.6 Å². The second kappa shape index (κ2) is 6.13. The largest absolute Gasteiger partial charge is 0.275 e. The van der Waals surface area contributed by atoms with Gasteiger partial charge in [0.15, 0.2) is 5.82 Å². The Kier molecular flexibility index (Phi) is 3.72. The number of fused-ring (bicyclic) bond motifs is 1. The molecular weight excluding hydrogens is 364 g/mol. The lowest BCUT2D eigenvalue weighted by atomic mass is 9.95. The highest BCUT2D eigenvalue weighted by atomic mass is 35.5. The standard InChI is InChI=1S/C19H17ClN6O/c1-10-15-13(8-11-2-3-14(20)22-9-11)18(27)26(16(10)15)19-23-17(24-25-19)12-4-6-21-7-5-12/h2-7,9-10,13,15-16H,8H2,1H3,(H,23,24,25)/t10-,13?,15?,16?/m0/s1. The molecule has 0 spiro atoms. The summed E-state index contributed by atoms with van der Waals surface area (Å²) < 4.78 is 0. The van der Waals surface area contributed by atoms with Gasteiger partial charge in [0.05, 0.1) is 0 Å². The van der Waals surface area contributed by atoms with Crippen molar-refractivity contribution in [3.8, 4) is 11.4 Å². The molecule has 27 heavy (non-hydrogen) atoms. The summed E-state index contributed by atoms with van der Waals surface area (Å²) in [6.45, 7) is 2.18. The fraction of sp³-hybridized carbons (Fsp3) is 0.316. The van der Waals surface area contributed by atoms with E-state index in [0.717, 1.165) is 11.1 Å². The number of hydrogen-bond donors (Lipinski definition) is 1. The molecule has 3 aromatic rings. The molecule has 0 radical (unpaired) electrons. The summed E-state index contributed by atoms with van der Waals surface area (Å²) in [5.41, 5.74) is 1.91. The number of amides is 1. The first-order valence-corrected chi connectivity index (χ1v) is 9.27. The molecule has 1 saturated heterocycles. The summed E-state index contributed by atoms with van der Waals surface area (Å²) in [6, 6.07) is 7.58. The number of aromatic amines is 1. The van der Waals surface area contributed by atoms with E-state index >= 15 is 0 Å². The normalized spacial score (nSPS) is 26.3. The smallest absolute Gasteiger partial charge is 0.251 e. The van der Waals surface area contributed by atoms with Crippen molar-refractivity contribution in [1.29, 1.82) is 0 Å². The Morgan fingerprint density at radius 2 is 2.04 bits per heavy atom. The molecule has 3 aromatic heterocycles. The first-order valence-electron chi connectivity index (χ1n) is 8.90. The minimum Gasteiger partial charge on any atom is -0.275 e. The molecule has 1 N–H and O–H groups in total. The van der Waals surface area contributed by atoms with E-state index in [9.17, 15) is 4.79 Å². The van der Waals surface area contributed by atoms with Crippen LogP contribution in [0.5, 0.6) is 0 Å². The minimum absolute atomic E-state index is 0.0733. The van der Waals surface area contributed by atoms with Gasteiger partial charge in [0.25, 0.3) is 5.95 Å². The van der Waals surface area contributed by atoms with E-state index in [1.807, 2.05) is 18.2 Å². The van der Waals surface area contributed by atoms with Crippen molar-refractivity contribution in [3.63, 3.8) is 0 Å². The van der Waals surface area contributed by atoms with Gasteiger partial charge in [0, 0.05) is 36.1 Å². The van der Waals surface area contributed by atoms with Crippen LogP contribution in [0.1, 0.15) is 12.5 Å². The Morgan fingerprint density at radius 1 is 1.22 bits per heavy atom. The number of piperidine rings is 1. The quantitative estimate of drug-likeness (QED) is 0.703. The van der Waals surface area contributed by atoms with Crippen LogP contribution in [0.3, 0.4) is 0 Å². The number of carbonyl (C=O) groups is 1. The summed E-state index contributed by atoms with van der Waals surface area (Å²) in [4.78, 5) is 27.5. The number of hydrogen-bond acceptors (Lipinski definition) is 5. The molecule has 1 aliphatic heterocycles. The number of H-pyrrole nitrogens is 1. The summed E-state index contributed by atoms with van der Waals surface area (Å²) in [7, 11) is 0. The Balaban J connectivity index is 1.40. The second-order valence-corrected chi connectivity index (χ2v) is 7.54. The molecule has 3 unspecified atom stereocenters. The van der Waals surface area contributed by atoms with Crippen LogP contribution in [0.4, 0.5) is 5.95 Å². The van der Waals surface area contributed by atoms with Gasteiger partial charge in [0.1, 0.15) is 5.15 Å². The summed E-state index contributed by atoms with van der Waals surface area (Å²) in [5, 5.41) is 7.70. The van der Waals surface area contributed by atoms with E-state index in [-0.39, 0.29) is 17.9 Å². The van der Waals surface area contributed by atoms with Crippen LogP contribution in [-0.2, 0) is 11.2 Å². The maximum absolute atomic E-state index is 13.1. The first-order chi connectivity index (χ1) is 13.1. The Morgan fingerprint density at radius 3 is 2.78 bits per heavy atom. The molecule has 1 aliphatic carbocycles. The van der Waals surface area contributed by atoms with Crippen molar-refractivity contribution >= 4 is 23.5 Å².